The number of fused-ring (bicyclic) bond motifs is 1. The predicted molar refractivity (Wildman–Crippen MR) is 179 cm³/mol. The molecule has 0 spiro atoms. The van der Waals surface area contributed by atoms with Gasteiger partial charge in [0.1, 0.15) is 0 Å². The third-order valence-electron chi connectivity index (χ3n) is 9.67. The Bertz CT molecular complexity index is 1470. The Morgan fingerprint density at radius 3 is 2.64 bits per heavy atom. The fraction of sp³-hybridized carbons (Fsp3) is 0.500. The lowest BCUT2D eigenvalue weighted by molar-refractivity contribution is -0.126. The molecule has 2 fully saturated rings. The van der Waals surface area contributed by atoms with Gasteiger partial charge in [-0.25, -0.2) is 9.98 Å². The van der Waals surface area contributed by atoms with Crippen molar-refractivity contribution in [3.8, 4) is 0 Å². The highest BCUT2D eigenvalue weighted by Gasteiger charge is 2.30. The fourth-order valence-corrected chi connectivity index (χ4v) is 8.09. The molecule has 1 amide bonds. The Kier molecular flexibility index (Phi) is 9.97. The molecule has 3 unspecified atom stereocenters. The summed E-state index contributed by atoms with van der Waals surface area (Å²) in [5, 5.41) is 17.4. The van der Waals surface area contributed by atoms with Gasteiger partial charge in [-0.3, -0.25) is 4.79 Å². The summed E-state index contributed by atoms with van der Waals surface area (Å²) < 4.78 is 0. The molecule has 2 aliphatic heterocycles. The Hall–Kier alpha value is -3.23. The minimum Gasteiger partial charge on any atom is -0.393 e. The number of aliphatic hydroxyl groups excluding tert-OH is 1. The minimum atomic E-state index is -0.125. The number of hydrogen-bond donors (Lipinski definition) is 3. The second kappa shape index (κ2) is 14.2. The Morgan fingerprint density at radius 1 is 1.00 bits per heavy atom. The number of amides is 1. The standard InChI is InChI=1S/C36H45N5O2S/c1-23-8-15-34(44-32-21-27(11-14-30(23)32)31-17-19-37-35(43)24(31)2)40-33-22-28(20-26-6-4-3-5-7-26)39-36(41-33)38-18-16-25-9-12-29(42)13-10-25/h3-7,11,14,21-25,29,31,42H,8-10,12-13,15-20H2,1-2H3,(H,37,43)(H,38,39,41). The van der Waals surface area contributed by atoms with Crippen molar-refractivity contribution < 1.29 is 9.90 Å². The number of anilines is 1. The molecule has 0 radical (unpaired) electrons. The number of aromatic nitrogens is 2. The smallest absolute Gasteiger partial charge is 0.224 e. The number of nitrogens with one attached hydrogen (secondary N) is 2. The van der Waals surface area contributed by atoms with Crippen LogP contribution in [-0.2, 0) is 11.2 Å². The van der Waals surface area contributed by atoms with E-state index in [0.717, 1.165) is 81.6 Å². The van der Waals surface area contributed by atoms with Gasteiger partial charge in [0.25, 0.3) is 0 Å². The molecule has 0 bridgehead atoms. The Labute approximate surface area is 265 Å². The van der Waals surface area contributed by atoms with Crippen LogP contribution in [0.1, 0.15) is 99.4 Å². The maximum absolute atomic E-state index is 12.4. The number of rotatable bonds is 8. The van der Waals surface area contributed by atoms with Crippen LogP contribution >= 0.6 is 11.8 Å². The summed E-state index contributed by atoms with van der Waals surface area (Å²) >= 11 is 1.76. The summed E-state index contributed by atoms with van der Waals surface area (Å²) in [7, 11) is 0. The summed E-state index contributed by atoms with van der Waals surface area (Å²) in [6.45, 7) is 5.89. The second-order valence-electron chi connectivity index (χ2n) is 12.9. The van der Waals surface area contributed by atoms with Crippen LogP contribution in [-0.4, -0.2) is 45.2 Å². The molecule has 232 valence electrons. The average Bonchev–Trinajstić information content (AvgIpc) is 3.17. The van der Waals surface area contributed by atoms with Crippen LogP contribution in [0.25, 0.3) is 0 Å². The molecule has 3 aliphatic rings. The first-order chi connectivity index (χ1) is 21.4. The first kappa shape index (κ1) is 30.8. The zero-order chi connectivity index (χ0) is 30.5. The average molecular weight is 612 g/mol. The van der Waals surface area contributed by atoms with Crippen molar-refractivity contribution in [3.63, 3.8) is 0 Å². The monoisotopic (exact) mass is 611 g/mol. The van der Waals surface area contributed by atoms with E-state index in [1.165, 1.54) is 21.6 Å². The van der Waals surface area contributed by atoms with Crippen molar-refractivity contribution in [2.75, 3.05) is 18.4 Å². The molecule has 6 rings (SSSR count). The molecule has 3 atom stereocenters. The largest absolute Gasteiger partial charge is 0.393 e. The van der Waals surface area contributed by atoms with Crippen molar-refractivity contribution in [2.24, 2.45) is 16.8 Å². The van der Waals surface area contributed by atoms with Gasteiger partial charge in [0.05, 0.1) is 16.8 Å². The summed E-state index contributed by atoms with van der Waals surface area (Å²) in [5.41, 5.74) is 4.77. The molecule has 1 saturated heterocycles. The van der Waals surface area contributed by atoms with Gasteiger partial charge in [0.2, 0.25) is 11.9 Å². The van der Waals surface area contributed by atoms with E-state index in [2.05, 4.69) is 60.0 Å². The highest BCUT2D eigenvalue weighted by molar-refractivity contribution is 8.14. The van der Waals surface area contributed by atoms with Crippen LogP contribution in [0.3, 0.4) is 0 Å². The minimum absolute atomic E-state index is 0.0252. The van der Waals surface area contributed by atoms with Crippen molar-refractivity contribution in [2.45, 2.75) is 94.5 Å². The summed E-state index contributed by atoms with van der Waals surface area (Å²) in [5.74, 6) is 2.76. The summed E-state index contributed by atoms with van der Waals surface area (Å²) in [6, 6.07) is 19.3. The van der Waals surface area contributed by atoms with Gasteiger partial charge in [-0.15, -0.1) is 0 Å². The number of thioether (sulfide) groups is 1. The van der Waals surface area contributed by atoms with E-state index in [9.17, 15) is 9.90 Å². The van der Waals surface area contributed by atoms with Gasteiger partial charge in [0, 0.05) is 36.4 Å². The highest BCUT2D eigenvalue weighted by Crippen LogP contribution is 2.41. The maximum atomic E-state index is 12.4. The van der Waals surface area contributed by atoms with E-state index >= 15 is 0 Å². The van der Waals surface area contributed by atoms with E-state index in [-0.39, 0.29) is 23.8 Å². The van der Waals surface area contributed by atoms with Crippen LogP contribution in [0.2, 0.25) is 0 Å². The molecule has 7 nitrogen and oxygen atoms in total. The molecule has 8 heteroatoms. The Balaban J connectivity index is 1.24. The number of aliphatic imine (C=N–C) groups is 1. The maximum Gasteiger partial charge on any atom is 0.224 e. The molecule has 3 aromatic rings. The van der Waals surface area contributed by atoms with Crippen LogP contribution < -0.4 is 10.6 Å². The topological polar surface area (TPSA) is 99.5 Å². The van der Waals surface area contributed by atoms with Crippen LogP contribution in [0.5, 0.6) is 0 Å². The van der Waals surface area contributed by atoms with Crippen LogP contribution in [0, 0.1) is 11.8 Å². The molecular weight excluding hydrogens is 566 g/mol. The van der Waals surface area contributed by atoms with Crippen molar-refractivity contribution in [1.82, 2.24) is 15.3 Å². The van der Waals surface area contributed by atoms with Crippen molar-refractivity contribution in [1.29, 1.82) is 0 Å². The normalized spacial score (nSPS) is 26.5. The molecule has 44 heavy (non-hydrogen) atoms. The first-order valence-corrected chi connectivity index (χ1v) is 17.2. The molecular formula is C36H45N5O2S. The Morgan fingerprint density at radius 2 is 1.82 bits per heavy atom. The lowest BCUT2D eigenvalue weighted by Gasteiger charge is -2.29. The molecule has 3 N–H and O–H groups in total. The van der Waals surface area contributed by atoms with E-state index < -0.39 is 0 Å². The number of piperidine rings is 1. The van der Waals surface area contributed by atoms with Crippen LogP contribution in [0.4, 0.5) is 11.8 Å². The molecule has 1 aliphatic carbocycles. The lowest BCUT2D eigenvalue weighted by Crippen LogP contribution is -2.39. The summed E-state index contributed by atoms with van der Waals surface area (Å²) in [6.07, 6.45) is 8.53. The fourth-order valence-electron chi connectivity index (χ4n) is 6.89. The molecule has 1 aromatic heterocycles. The first-order valence-electron chi connectivity index (χ1n) is 16.4. The van der Waals surface area contributed by atoms with Gasteiger partial charge in [0.15, 0.2) is 5.82 Å². The number of carbonyl (C=O) groups excluding carboxylic acids is 1. The number of carbonyl (C=O) groups is 1. The van der Waals surface area contributed by atoms with E-state index in [1.54, 1.807) is 11.8 Å². The third kappa shape index (κ3) is 7.70. The van der Waals surface area contributed by atoms with E-state index in [4.69, 9.17) is 15.0 Å². The van der Waals surface area contributed by atoms with Gasteiger partial charge in [-0.05, 0) is 91.9 Å². The van der Waals surface area contributed by atoms with E-state index in [0.29, 0.717) is 23.6 Å². The lowest BCUT2D eigenvalue weighted by atomic mass is 9.81. The van der Waals surface area contributed by atoms with Gasteiger partial charge in [-0.1, -0.05) is 68.1 Å². The SMILES string of the molecule is CC1CCC(=Nc2cc(Cc3ccccc3)nc(NCCC3CCC(O)CC3)n2)Sc2cc(C3CCNC(=O)C3C)ccc21. The van der Waals surface area contributed by atoms with Gasteiger partial charge in [-0.2, -0.15) is 4.98 Å². The number of hydrogen-bond acceptors (Lipinski definition) is 7. The number of nitrogens with zero attached hydrogens (tertiary/aromatic N) is 3. The van der Waals surface area contributed by atoms with Gasteiger partial charge < -0.3 is 15.7 Å². The van der Waals surface area contributed by atoms with Crippen molar-refractivity contribution in [3.05, 3.63) is 77.0 Å². The summed E-state index contributed by atoms with van der Waals surface area (Å²) in [4.78, 5) is 28.6. The van der Waals surface area contributed by atoms with Crippen molar-refractivity contribution >= 4 is 34.5 Å². The zero-order valence-corrected chi connectivity index (χ0v) is 26.8. The number of aliphatic hydroxyl groups is 1. The zero-order valence-electron chi connectivity index (χ0n) is 26.0. The molecule has 1 saturated carbocycles. The van der Waals surface area contributed by atoms with Crippen LogP contribution in [0.15, 0.2) is 64.5 Å². The molecule has 3 heterocycles. The second-order valence-corrected chi connectivity index (χ2v) is 14.0. The molecule has 2 aromatic carbocycles. The predicted octanol–water partition coefficient (Wildman–Crippen LogP) is 7.38. The quantitative estimate of drug-likeness (QED) is 0.246. The highest BCUT2D eigenvalue weighted by atomic mass is 32.2. The van der Waals surface area contributed by atoms with E-state index in [1.807, 2.05) is 19.1 Å². The number of benzene rings is 2. The third-order valence-corrected chi connectivity index (χ3v) is 10.8. The van der Waals surface area contributed by atoms with Gasteiger partial charge >= 0.3 is 0 Å².